The predicted octanol–water partition coefficient (Wildman–Crippen LogP) is 1.43. The number of anilines is 1. The molecule has 1 aliphatic carbocycles. The lowest BCUT2D eigenvalue weighted by atomic mass is 10.2. The standard InChI is InChI=1S/C20H19ClN6O3/c21-13-1-4-16(22-11-13)25-5-7-26(8-6-25)19(29)12-9-15-17(23-10-12)27(14-2-3-14)20(30)24-18(15)28/h1,4,9-11,14H,2-3,5-8H2,(H,24,28,30). The largest absolute Gasteiger partial charge is 0.353 e. The van der Waals surface area contributed by atoms with Crippen LogP contribution in [0.3, 0.4) is 0 Å². The van der Waals surface area contributed by atoms with Crippen molar-refractivity contribution < 1.29 is 4.79 Å². The lowest BCUT2D eigenvalue weighted by Crippen LogP contribution is -2.49. The maximum atomic E-state index is 13.0. The number of halogens is 1. The number of hydrogen-bond donors (Lipinski definition) is 1. The molecule has 5 rings (SSSR count). The van der Waals surface area contributed by atoms with Crippen LogP contribution in [-0.4, -0.2) is 56.5 Å². The number of H-pyrrole nitrogens is 1. The molecule has 1 saturated heterocycles. The first-order chi connectivity index (χ1) is 14.5. The molecule has 3 aromatic heterocycles. The van der Waals surface area contributed by atoms with Crippen molar-refractivity contribution >= 4 is 34.4 Å². The van der Waals surface area contributed by atoms with Gasteiger partial charge in [-0.25, -0.2) is 14.8 Å². The number of nitrogens with one attached hydrogen (secondary N) is 1. The molecule has 3 aromatic rings. The minimum atomic E-state index is -0.521. The van der Waals surface area contributed by atoms with E-state index in [9.17, 15) is 14.4 Å². The van der Waals surface area contributed by atoms with Crippen molar-refractivity contribution in [3.63, 3.8) is 0 Å². The van der Waals surface area contributed by atoms with Gasteiger partial charge >= 0.3 is 5.69 Å². The van der Waals surface area contributed by atoms with E-state index in [0.29, 0.717) is 42.4 Å². The molecular weight excluding hydrogens is 408 g/mol. The third-order valence-electron chi connectivity index (χ3n) is 5.54. The SMILES string of the molecule is O=C(c1cnc2c(c1)c(=O)[nH]c(=O)n2C1CC1)N1CCN(c2ccc(Cl)cn2)CC1. The molecule has 30 heavy (non-hydrogen) atoms. The predicted molar refractivity (Wildman–Crippen MR) is 112 cm³/mol. The Morgan fingerprint density at radius 1 is 1.07 bits per heavy atom. The van der Waals surface area contributed by atoms with Crippen LogP contribution in [0.1, 0.15) is 29.2 Å². The van der Waals surface area contributed by atoms with E-state index in [-0.39, 0.29) is 17.3 Å². The fourth-order valence-corrected chi connectivity index (χ4v) is 3.91. The molecule has 2 fully saturated rings. The number of hydrogen-bond acceptors (Lipinski definition) is 6. The van der Waals surface area contributed by atoms with Crippen molar-refractivity contribution in [3.05, 3.63) is 62.0 Å². The Kier molecular flexibility index (Phi) is 4.54. The number of aromatic nitrogens is 4. The van der Waals surface area contributed by atoms with Gasteiger partial charge in [-0.1, -0.05) is 11.6 Å². The first-order valence-electron chi connectivity index (χ1n) is 9.81. The van der Waals surface area contributed by atoms with E-state index in [1.54, 1.807) is 17.2 Å². The van der Waals surface area contributed by atoms with Crippen LogP contribution < -0.4 is 16.1 Å². The first-order valence-corrected chi connectivity index (χ1v) is 10.2. The molecule has 0 radical (unpaired) electrons. The van der Waals surface area contributed by atoms with E-state index in [1.165, 1.54) is 16.8 Å². The second-order valence-corrected chi connectivity index (χ2v) is 8.01. The van der Waals surface area contributed by atoms with Gasteiger partial charge in [0.15, 0.2) is 0 Å². The monoisotopic (exact) mass is 426 g/mol. The Morgan fingerprint density at radius 2 is 1.83 bits per heavy atom. The number of nitrogens with zero attached hydrogens (tertiary/aromatic N) is 5. The summed E-state index contributed by atoms with van der Waals surface area (Å²) in [7, 11) is 0. The molecule has 9 nitrogen and oxygen atoms in total. The zero-order valence-electron chi connectivity index (χ0n) is 16.0. The summed E-state index contributed by atoms with van der Waals surface area (Å²) in [6.45, 7) is 2.34. The highest BCUT2D eigenvalue weighted by Crippen LogP contribution is 2.34. The Balaban J connectivity index is 1.37. The van der Waals surface area contributed by atoms with Gasteiger partial charge in [-0.2, -0.15) is 0 Å². The summed E-state index contributed by atoms with van der Waals surface area (Å²) in [5.41, 5.74) is -0.297. The average molecular weight is 427 g/mol. The number of carbonyl (C=O) groups is 1. The summed E-state index contributed by atoms with van der Waals surface area (Å²) in [5.74, 6) is 0.639. The van der Waals surface area contributed by atoms with Gasteiger partial charge in [0.25, 0.3) is 11.5 Å². The van der Waals surface area contributed by atoms with Gasteiger partial charge in [0.05, 0.1) is 16.0 Å². The average Bonchev–Trinajstić information content (AvgIpc) is 3.59. The Labute approximate surface area is 175 Å². The van der Waals surface area contributed by atoms with Crippen molar-refractivity contribution in [1.82, 2.24) is 24.4 Å². The zero-order valence-corrected chi connectivity index (χ0v) is 16.8. The summed E-state index contributed by atoms with van der Waals surface area (Å²) in [6, 6.07) is 5.26. The summed E-state index contributed by atoms with van der Waals surface area (Å²) in [4.78, 5) is 52.3. The third kappa shape index (κ3) is 3.35. The molecule has 0 atom stereocenters. The van der Waals surface area contributed by atoms with E-state index >= 15 is 0 Å². The fourth-order valence-electron chi connectivity index (χ4n) is 3.80. The highest BCUT2D eigenvalue weighted by atomic mass is 35.5. The topological polar surface area (TPSA) is 104 Å². The molecule has 1 saturated carbocycles. The number of aromatic amines is 1. The number of pyridine rings is 2. The van der Waals surface area contributed by atoms with Crippen molar-refractivity contribution in [2.24, 2.45) is 0 Å². The quantitative estimate of drug-likeness (QED) is 0.679. The minimum Gasteiger partial charge on any atom is -0.353 e. The number of carbonyl (C=O) groups excluding carboxylic acids is 1. The van der Waals surface area contributed by atoms with Crippen LogP contribution in [0, 0.1) is 0 Å². The lowest BCUT2D eigenvalue weighted by Gasteiger charge is -2.35. The normalized spacial score (nSPS) is 16.8. The van der Waals surface area contributed by atoms with Gasteiger partial charge in [-0.15, -0.1) is 0 Å². The van der Waals surface area contributed by atoms with Crippen LogP contribution in [0.2, 0.25) is 5.02 Å². The molecule has 1 aliphatic heterocycles. The van der Waals surface area contributed by atoms with Gasteiger partial charge in [0, 0.05) is 44.6 Å². The molecule has 1 N–H and O–H groups in total. The molecule has 4 heterocycles. The summed E-state index contributed by atoms with van der Waals surface area (Å²) in [5, 5.41) is 0.842. The highest BCUT2D eigenvalue weighted by Gasteiger charge is 2.28. The van der Waals surface area contributed by atoms with Crippen molar-refractivity contribution in [3.8, 4) is 0 Å². The van der Waals surface area contributed by atoms with Crippen LogP contribution in [0.4, 0.5) is 5.82 Å². The maximum Gasteiger partial charge on any atom is 0.330 e. The number of rotatable bonds is 3. The van der Waals surface area contributed by atoms with Gasteiger partial charge < -0.3 is 9.80 Å². The maximum absolute atomic E-state index is 13.0. The van der Waals surface area contributed by atoms with E-state index in [0.717, 1.165) is 18.7 Å². The van der Waals surface area contributed by atoms with E-state index in [1.807, 2.05) is 6.07 Å². The lowest BCUT2D eigenvalue weighted by molar-refractivity contribution is 0.0746. The van der Waals surface area contributed by atoms with Gasteiger partial charge in [0.2, 0.25) is 0 Å². The molecule has 2 aliphatic rings. The minimum absolute atomic E-state index is 0.0699. The second kappa shape index (κ2) is 7.24. The van der Waals surface area contributed by atoms with Crippen LogP contribution in [-0.2, 0) is 0 Å². The van der Waals surface area contributed by atoms with Gasteiger partial charge in [-0.05, 0) is 31.0 Å². The van der Waals surface area contributed by atoms with Crippen LogP contribution in [0.15, 0.2) is 40.2 Å². The number of piperazine rings is 1. The number of fused-ring (bicyclic) bond motifs is 1. The van der Waals surface area contributed by atoms with E-state index < -0.39 is 11.2 Å². The summed E-state index contributed by atoms with van der Waals surface area (Å²) < 4.78 is 1.52. The summed E-state index contributed by atoms with van der Waals surface area (Å²) in [6.07, 6.45) is 4.83. The van der Waals surface area contributed by atoms with E-state index in [2.05, 4.69) is 19.9 Å². The van der Waals surface area contributed by atoms with Crippen molar-refractivity contribution in [2.45, 2.75) is 18.9 Å². The zero-order chi connectivity index (χ0) is 20.8. The van der Waals surface area contributed by atoms with Crippen molar-refractivity contribution in [2.75, 3.05) is 31.1 Å². The Morgan fingerprint density at radius 3 is 2.50 bits per heavy atom. The smallest absolute Gasteiger partial charge is 0.330 e. The molecule has 154 valence electrons. The fraction of sp³-hybridized carbons (Fsp3) is 0.350. The van der Waals surface area contributed by atoms with Crippen LogP contribution >= 0.6 is 11.6 Å². The van der Waals surface area contributed by atoms with Gasteiger partial charge in [-0.3, -0.25) is 19.1 Å². The molecular formula is C20H19ClN6O3. The van der Waals surface area contributed by atoms with Crippen molar-refractivity contribution in [1.29, 1.82) is 0 Å². The first kappa shape index (κ1) is 18.8. The van der Waals surface area contributed by atoms with Crippen LogP contribution in [0.5, 0.6) is 0 Å². The summed E-state index contributed by atoms with van der Waals surface area (Å²) >= 11 is 5.89. The third-order valence-corrected chi connectivity index (χ3v) is 5.76. The van der Waals surface area contributed by atoms with Crippen LogP contribution in [0.25, 0.3) is 11.0 Å². The molecule has 0 aromatic carbocycles. The molecule has 0 spiro atoms. The molecule has 0 unspecified atom stereocenters. The Bertz CT molecular complexity index is 1240. The highest BCUT2D eigenvalue weighted by molar-refractivity contribution is 6.30. The molecule has 10 heteroatoms. The molecule has 0 bridgehead atoms. The number of amides is 1. The second-order valence-electron chi connectivity index (χ2n) is 7.57. The van der Waals surface area contributed by atoms with Gasteiger partial charge in [0.1, 0.15) is 11.5 Å². The van der Waals surface area contributed by atoms with E-state index in [4.69, 9.17) is 11.6 Å². The Hall–Kier alpha value is -3.20. The molecule has 1 amide bonds.